The fourth-order valence-electron chi connectivity index (χ4n) is 2.27. The van der Waals surface area contributed by atoms with Crippen LogP contribution >= 0.6 is 0 Å². The zero-order valence-electron chi connectivity index (χ0n) is 9.69. The highest BCUT2D eigenvalue weighted by Gasteiger charge is 2.57. The van der Waals surface area contributed by atoms with Crippen molar-refractivity contribution >= 4 is 8.32 Å². The summed E-state index contributed by atoms with van der Waals surface area (Å²) in [5.41, 5.74) is -1.15. The van der Waals surface area contributed by atoms with Crippen LogP contribution in [0.25, 0.3) is 0 Å². The second kappa shape index (κ2) is 4.09. The minimum absolute atomic E-state index is 0.428. The topological polar surface area (TPSA) is 9.23 Å². The maximum atomic E-state index is 13.7. The first-order chi connectivity index (χ1) is 6.74. The van der Waals surface area contributed by atoms with Crippen molar-refractivity contribution in [1.29, 1.82) is 0 Å². The first-order valence-electron chi connectivity index (χ1n) is 5.37. The summed E-state index contributed by atoms with van der Waals surface area (Å²) in [6.45, 7) is 6.63. The number of rotatable bonds is 2. The van der Waals surface area contributed by atoms with Crippen molar-refractivity contribution in [3.63, 3.8) is 0 Å². The molecule has 0 radical (unpaired) electrons. The maximum Gasteiger partial charge on any atom is 0.226 e. The Balaban J connectivity index is 2.93. The van der Waals surface area contributed by atoms with Gasteiger partial charge in [-0.05, 0) is 26.4 Å². The summed E-state index contributed by atoms with van der Waals surface area (Å²) in [6.07, 6.45) is -2.76. The molecule has 4 unspecified atom stereocenters. The van der Waals surface area contributed by atoms with Crippen molar-refractivity contribution in [2.45, 2.75) is 63.5 Å². The highest BCUT2D eigenvalue weighted by atomic mass is 28.4. The second-order valence-corrected chi connectivity index (χ2v) is 8.98. The Kier molecular flexibility index (Phi) is 3.55. The summed E-state index contributed by atoms with van der Waals surface area (Å²) >= 11 is 0. The van der Waals surface area contributed by atoms with E-state index in [4.69, 9.17) is 4.43 Å². The Labute approximate surface area is 90.1 Å². The van der Waals surface area contributed by atoms with Crippen LogP contribution in [0.1, 0.15) is 26.7 Å². The van der Waals surface area contributed by atoms with E-state index in [0.29, 0.717) is 12.8 Å². The van der Waals surface area contributed by atoms with Crippen molar-refractivity contribution in [1.82, 2.24) is 0 Å². The summed E-state index contributed by atoms with van der Waals surface area (Å²) in [7, 11) is -2.75. The molecule has 1 aliphatic heterocycles. The Hall–Kier alpha value is -0.0331. The van der Waals surface area contributed by atoms with Gasteiger partial charge in [0.25, 0.3) is 0 Å². The number of hydrogen-bond donors (Lipinski definition) is 0. The lowest BCUT2D eigenvalue weighted by Crippen LogP contribution is -2.65. The average Bonchev–Trinajstić information content (AvgIpc) is 2.12. The van der Waals surface area contributed by atoms with Crippen LogP contribution in [0, 0.1) is 0 Å². The molecule has 0 N–H and O–H groups in total. The molecular weight excluding hydrogens is 221 g/mol. The van der Waals surface area contributed by atoms with Crippen LogP contribution in [0.15, 0.2) is 0 Å². The van der Waals surface area contributed by atoms with Crippen LogP contribution in [0.5, 0.6) is 0 Å². The van der Waals surface area contributed by atoms with Crippen LogP contribution in [-0.4, -0.2) is 32.1 Å². The van der Waals surface area contributed by atoms with Gasteiger partial charge in [-0.2, -0.15) is 0 Å². The summed E-state index contributed by atoms with van der Waals surface area (Å²) in [5, 5.41) is 0. The van der Waals surface area contributed by atoms with Crippen molar-refractivity contribution in [2.24, 2.45) is 0 Å². The number of halogens is 3. The van der Waals surface area contributed by atoms with E-state index in [-0.39, 0.29) is 0 Å². The van der Waals surface area contributed by atoms with Crippen molar-refractivity contribution < 1.29 is 17.6 Å². The fraction of sp³-hybridized carbons (Fsp3) is 1.00. The third kappa shape index (κ3) is 2.23. The molecule has 1 fully saturated rings. The molecule has 0 aromatic rings. The highest BCUT2D eigenvalue weighted by Crippen LogP contribution is 2.40. The van der Waals surface area contributed by atoms with Gasteiger partial charge < -0.3 is 4.43 Å². The van der Waals surface area contributed by atoms with E-state index in [1.54, 1.807) is 20.0 Å². The molecule has 1 saturated heterocycles. The average molecular weight is 240 g/mol. The van der Waals surface area contributed by atoms with Crippen molar-refractivity contribution in [2.75, 3.05) is 0 Å². The summed E-state index contributed by atoms with van der Waals surface area (Å²) in [5.74, 6) is -1.77. The minimum atomic E-state index is -2.75. The molecule has 0 aromatic heterocycles. The van der Waals surface area contributed by atoms with Crippen LogP contribution in [-0.2, 0) is 4.43 Å². The lowest BCUT2D eigenvalue weighted by atomic mass is 9.92. The Morgan fingerprint density at radius 2 is 1.80 bits per heavy atom. The molecule has 0 aliphatic carbocycles. The van der Waals surface area contributed by atoms with Crippen molar-refractivity contribution in [3.05, 3.63) is 0 Å². The van der Waals surface area contributed by atoms with E-state index in [0.717, 1.165) is 0 Å². The molecular formula is C10H19F3OSi. The molecule has 4 atom stereocenters. The van der Waals surface area contributed by atoms with Gasteiger partial charge in [-0.3, -0.25) is 0 Å². The predicted molar refractivity (Wildman–Crippen MR) is 56.6 cm³/mol. The monoisotopic (exact) mass is 240 g/mol. The van der Waals surface area contributed by atoms with Crippen molar-refractivity contribution in [3.8, 4) is 0 Å². The molecule has 0 bridgehead atoms. The van der Waals surface area contributed by atoms with Crippen LogP contribution in [0.3, 0.4) is 0 Å². The van der Waals surface area contributed by atoms with E-state index in [9.17, 15) is 13.2 Å². The zero-order chi connectivity index (χ0) is 11.9. The molecule has 0 saturated carbocycles. The van der Waals surface area contributed by atoms with E-state index in [1.165, 1.54) is 0 Å². The normalized spacial score (nSPS) is 45.4. The molecule has 0 aromatic carbocycles. The third-order valence-corrected chi connectivity index (χ3v) is 5.69. The standard InChI is InChI=1S/C10H19F3OSi/c1-5-6-10(2)8(12)7(11)9(13)15(3,4)14-10/h7-9H,5-6H2,1-4H3. The first-order valence-corrected chi connectivity index (χ1v) is 8.35. The van der Waals surface area contributed by atoms with Gasteiger partial charge in [-0.25, -0.2) is 13.2 Å². The minimum Gasteiger partial charge on any atom is -0.406 e. The maximum absolute atomic E-state index is 13.7. The zero-order valence-corrected chi connectivity index (χ0v) is 10.7. The van der Waals surface area contributed by atoms with Gasteiger partial charge in [0, 0.05) is 0 Å². The van der Waals surface area contributed by atoms with Gasteiger partial charge in [-0.15, -0.1) is 0 Å². The van der Waals surface area contributed by atoms with Crippen LogP contribution in [0.2, 0.25) is 13.1 Å². The third-order valence-electron chi connectivity index (χ3n) is 3.05. The lowest BCUT2D eigenvalue weighted by Gasteiger charge is -2.47. The van der Waals surface area contributed by atoms with E-state index < -0.39 is 32.1 Å². The molecule has 5 heteroatoms. The quantitative estimate of drug-likeness (QED) is 0.673. The molecule has 0 spiro atoms. The fourth-order valence-corrected chi connectivity index (χ4v) is 4.73. The van der Waals surface area contributed by atoms with Crippen LogP contribution < -0.4 is 0 Å². The summed E-state index contributed by atoms with van der Waals surface area (Å²) in [4.78, 5) is 0. The summed E-state index contributed by atoms with van der Waals surface area (Å²) in [6, 6.07) is 0. The van der Waals surface area contributed by atoms with E-state index in [1.807, 2.05) is 6.92 Å². The molecule has 1 aliphatic rings. The SMILES string of the molecule is CCCC1(C)O[Si](C)(C)C(F)C(F)C1F. The molecule has 15 heavy (non-hydrogen) atoms. The smallest absolute Gasteiger partial charge is 0.226 e. The van der Waals surface area contributed by atoms with Gasteiger partial charge in [0.1, 0.15) is 0 Å². The molecule has 90 valence electrons. The van der Waals surface area contributed by atoms with Crippen LogP contribution in [0.4, 0.5) is 13.2 Å². The Bertz CT molecular complexity index is 237. The van der Waals surface area contributed by atoms with Gasteiger partial charge in [0.15, 0.2) is 18.1 Å². The van der Waals surface area contributed by atoms with E-state index >= 15 is 0 Å². The van der Waals surface area contributed by atoms with Gasteiger partial charge in [-0.1, -0.05) is 13.3 Å². The lowest BCUT2D eigenvalue weighted by molar-refractivity contribution is -0.0879. The first kappa shape index (κ1) is 13.0. The van der Waals surface area contributed by atoms with E-state index in [2.05, 4.69) is 0 Å². The van der Waals surface area contributed by atoms with Gasteiger partial charge in [0.05, 0.1) is 5.60 Å². The largest absolute Gasteiger partial charge is 0.406 e. The molecule has 1 nitrogen and oxygen atoms in total. The number of alkyl halides is 3. The summed E-state index contributed by atoms with van der Waals surface area (Å²) < 4.78 is 46.2. The van der Waals surface area contributed by atoms with Gasteiger partial charge >= 0.3 is 0 Å². The Morgan fingerprint density at radius 1 is 1.27 bits per heavy atom. The molecule has 1 rings (SSSR count). The molecule has 1 heterocycles. The molecule has 0 amide bonds. The predicted octanol–water partition coefficient (Wildman–Crippen LogP) is 3.33. The Morgan fingerprint density at radius 3 is 2.27 bits per heavy atom. The highest BCUT2D eigenvalue weighted by molar-refractivity contribution is 6.73. The second-order valence-electron chi connectivity index (χ2n) is 5.02. The number of hydrogen-bond acceptors (Lipinski definition) is 1. The van der Waals surface area contributed by atoms with Gasteiger partial charge in [0.2, 0.25) is 8.32 Å².